The van der Waals surface area contributed by atoms with Gasteiger partial charge in [0.15, 0.2) is 5.13 Å². The van der Waals surface area contributed by atoms with Gasteiger partial charge in [0.2, 0.25) is 5.91 Å². The van der Waals surface area contributed by atoms with Gasteiger partial charge in [0.25, 0.3) is 0 Å². The zero-order chi connectivity index (χ0) is 22.6. The molecule has 33 heavy (non-hydrogen) atoms. The number of hydrogen-bond acceptors (Lipinski definition) is 7. The first kappa shape index (κ1) is 22.9. The zero-order valence-electron chi connectivity index (χ0n) is 18.8. The first-order valence-corrected chi connectivity index (χ1v) is 13.4. The summed E-state index contributed by atoms with van der Waals surface area (Å²) in [4.78, 5) is 21.3. The molecule has 178 valence electrons. The Balaban J connectivity index is 1.15. The number of nitrogens with zero attached hydrogens (tertiary/aromatic N) is 2. The van der Waals surface area contributed by atoms with E-state index in [1.165, 1.54) is 0 Å². The number of pyridine rings is 1. The normalized spacial score (nSPS) is 23.8. The number of halogens is 1. The molecule has 2 aromatic rings. The Hall–Kier alpha value is -1.90. The number of hydrogen-bond donors (Lipinski definition) is 3. The van der Waals surface area contributed by atoms with Crippen molar-refractivity contribution in [3.63, 3.8) is 0 Å². The highest BCUT2D eigenvalue weighted by atomic mass is 35.5. The largest absolute Gasteiger partial charge is 0.381 e. The summed E-state index contributed by atoms with van der Waals surface area (Å²) >= 11 is 8.09. The van der Waals surface area contributed by atoms with Gasteiger partial charge in [-0.15, -0.1) is 11.3 Å². The van der Waals surface area contributed by atoms with Crippen molar-refractivity contribution in [1.82, 2.24) is 15.3 Å². The molecule has 0 unspecified atom stereocenters. The van der Waals surface area contributed by atoms with Crippen LogP contribution < -0.4 is 16.0 Å². The van der Waals surface area contributed by atoms with Crippen LogP contribution in [0, 0.1) is 11.8 Å². The van der Waals surface area contributed by atoms with Crippen LogP contribution in [0.3, 0.4) is 0 Å². The molecule has 0 spiro atoms. The van der Waals surface area contributed by atoms with Crippen molar-refractivity contribution >= 4 is 39.8 Å². The molecule has 2 saturated carbocycles. The van der Waals surface area contributed by atoms with Gasteiger partial charge in [-0.3, -0.25) is 4.79 Å². The summed E-state index contributed by atoms with van der Waals surface area (Å²) in [7, 11) is 0. The lowest BCUT2D eigenvalue weighted by Crippen LogP contribution is -2.40. The van der Waals surface area contributed by atoms with Gasteiger partial charge in [-0.05, 0) is 63.4 Å². The van der Waals surface area contributed by atoms with Crippen molar-refractivity contribution in [2.75, 3.05) is 30.4 Å². The Morgan fingerprint density at radius 3 is 2.61 bits per heavy atom. The van der Waals surface area contributed by atoms with E-state index in [1.807, 2.05) is 11.4 Å². The summed E-state index contributed by atoms with van der Waals surface area (Å²) in [5.41, 5.74) is 1.77. The molecule has 1 amide bonds. The van der Waals surface area contributed by atoms with Crippen molar-refractivity contribution in [2.45, 2.75) is 63.5 Å². The maximum atomic E-state index is 12.0. The Kier molecular flexibility index (Phi) is 7.33. The van der Waals surface area contributed by atoms with Crippen LogP contribution >= 0.6 is 22.9 Å². The third-order valence-corrected chi connectivity index (χ3v) is 7.99. The molecule has 3 aliphatic rings. The number of amides is 1. The van der Waals surface area contributed by atoms with Crippen LogP contribution in [0.4, 0.5) is 10.9 Å². The molecular weight excluding hydrogens is 458 g/mol. The lowest BCUT2D eigenvalue weighted by molar-refractivity contribution is -0.123. The maximum absolute atomic E-state index is 12.0. The molecule has 9 heteroatoms. The van der Waals surface area contributed by atoms with E-state index in [1.54, 1.807) is 17.5 Å². The molecule has 7 nitrogen and oxygen atoms in total. The Bertz CT molecular complexity index is 952. The first-order valence-electron chi connectivity index (χ1n) is 12.1. The molecule has 5 rings (SSSR count). The second kappa shape index (κ2) is 10.6. The van der Waals surface area contributed by atoms with Gasteiger partial charge in [0, 0.05) is 54.9 Å². The van der Waals surface area contributed by atoms with E-state index < -0.39 is 0 Å². The molecule has 3 N–H and O–H groups in total. The van der Waals surface area contributed by atoms with Crippen LogP contribution in [-0.2, 0) is 9.53 Å². The molecule has 0 radical (unpaired) electrons. The van der Waals surface area contributed by atoms with Gasteiger partial charge in [0.1, 0.15) is 5.82 Å². The minimum Gasteiger partial charge on any atom is -0.381 e. The van der Waals surface area contributed by atoms with Gasteiger partial charge in [-0.1, -0.05) is 11.6 Å². The van der Waals surface area contributed by atoms with E-state index >= 15 is 0 Å². The van der Waals surface area contributed by atoms with Crippen LogP contribution in [0.25, 0.3) is 11.3 Å². The second-order valence-electron chi connectivity index (χ2n) is 9.50. The number of anilines is 2. The van der Waals surface area contributed by atoms with Crippen LogP contribution in [0.5, 0.6) is 0 Å². The standard InChI is InChI=1S/C24H32ClN5O2S/c25-20-13-26-22(28-17-3-5-18(6-4-17)29-23(31)16-1-2-16)11-19(20)21-14-33-24(30-21)27-12-15-7-9-32-10-8-15/h11,13-18H,1-10,12H2,(H,26,28)(H,27,30)(H,29,31). The fraction of sp³-hybridized carbons (Fsp3) is 0.625. The Morgan fingerprint density at radius 1 is 1.09 bits per heavy atom. The number of rotatable bonds is 8. The zero-order valence-corrected chi connectivity index (χ0v) is 20.4. The monoisotopic (exact) mass is 489 g/mol. The lowest BCUT2D eigenvalue weighted by Gasteiger charge is -2.30. The summed E-state index contributed by atoms with van der Waals surface area (Å²) in [6.45, 7) is 2.64. The van der Waals surface area contributed by atoms with Crippen molar-refractivity contribution in [3.05, 3.63) is 22.7 Å². The van der Waals surface area contributed by atoms with Crippen molar-refractivity contribution in [2.24, 2.45) is 11.8 Å². The van der Waals surface area contributed by atoms with Crippen molar-refractivity contribution in [3.8, 4) is 11.3 Å². The molecule has 2 aromatic heterocycles. The number of carbonyl (C=O) groups is 1. The Labute approximate surface area is 204 Å². The van der Waals surface area contributed by atoms with Gasteiger partial charge >= 0.3 is 0 Å². The van der Waals surface area contributed by atoms with Crippen LogP contribution in [-0.4, -0.2) is 47.7 Å². The average Bonchev–Trinajstić information content (AvgIpc) is 3.59. The molecule has 1 aliphatic heterocycles. The number of nitrogens with one attached hydrogen (secondary N) is 3. The fourth-order valence-electron chi connectivity index (χ4n) is 4.63. The predicted octanol–water partition coefficient (Wildman–Crippen LogP) is 4.95. The highest BCUT2D eigenvalue weighted by molar-refractivity contribution is 7.14. The third kappa shape index (κ3) is 6.16. The minimum absolute atomic E-state index is 0.250. The van der Waals surface area contributed by atoms with E-state index in [9.17, 15) is 4.79 Å². The number of thiazole rings is 1. The fourth-order valence-corrected chi connectivity index (χ4v) is 5.55. The predicted molar refractivity (Wildman–Crippen MR) is 133 cm³/mol. The molecule has 0 atom stereocenters. The molecule has 0 aromatic carbocycles. The van der Waals surface area contributed by atoms with Gasteiger partial charge in [-0.25, -0.2) is 9.97 Å². The highest BCUT2D eigenvalue weighted by Crippen LogP contribution is 2.33. The summed E-state index contributed by atoms with van der Waals surface area (Å²) in [5, 5.41) is 13.8. The minimum atomic E-state index is 0.250. The van der Waals surface area contributed by atoms with Crippen LogP contribution in [0.1, 0.15) is 51.4 Å². The van der Waals surface area contributed by atoms with E-state index in [2.05, 4.69) is 20.9 Å². The summed E-state index contributed by atoms with van der Waals surface area (Å²) in [6.07, 6.45) is 10.1. The van der Waals surface area contributed by atoms with E-state index in [0.717, 1.165) is 93.3 Å². The average molecular weight is 490 g/mol. The number of aromatic nitrogens is 2. The van der Waals surface area contributed by atoms with Crippen LogP contribution in [0.15, 0.2) is 17.6 Å². The first-order chi connectivity index (χ1) is 16.1. The number of carbonyl (C=O) groups excluding carboxylic acids is 1. The Morgan fingerprint density at radius 2 is 1.85 bits per heavy atom. The quantitative estimate of drug-likeness (QED) is 0.486. The summed E-state index contributed by atoms with van der Waals surface area (Å²) in [6, 6.07) is 2.67. The van der Waals surface area contributed by atoms with Crippen molar-refractivity contribution in [1.29, 1.82) is 0 Å². The summed E-state index contributed by atoms with van der Waals surface area (Å²) in [5.74, 6) is 1.99. The van der Waals surface area contributed by atoms with E-state index in [0.29, 0.717) is 23.0 Å². The van der Waals surface area contributed by atoms with E-state index in [-0.39, 0.29) is 11.8 Å². The van der Waals surface area contributed by atoms with E-state index in [4.69, 9.17) is 21.3 Å². The lowest BCUT2D eigenvalue weighted by atomic mass is 9.91. The SMILES string of the molecule is O=C(NC1CCC(Nc2cc(-c3csc(NCC4CCOCC4)n3)c(Cl)cn2)CC1)C1CC1. The molecule has 2 aliphatic carbocycles. The molecule has 1 saturated heterocycles. The van der Waals surface area contributed by atoms with Gasteiger partial charge in [-0.2, -0.15) is 0 Å². The summed E-state index contributed by atoms with van der Waals surface area (Å²) < 4.78 is 5.44. The topological polar surface area (TPSA) is 88.2 Å². The molecule has 3 fully saturated rings. The molecule has 3 heterocycles. The van der Waals surface area contributed by atoms with Crippen LogP contribution in [0.2, 0.25) is 5.02 Å². The smallest absolute Gasteiger partial charge is 0.223 e. The van der Waals surface area contributed by atoms with Gasteiger partial charge < -0.3 is 20.7 Å². The second-order valence-corrected chi connectivity index (χ2v) is 10.8. The molecular formula is C24H32ClN5O2S. The molecule has 0 bridgehead atoms. The van der Waals surface area contributed by atoms with Gasteiger partial charge in [0.05, 0.1) is 10.7 Å². The maximum Gasteiger partial charge on any atom is 0.223 e. The van der Waals surface area contributed by atoms with Crippen molar-refractivity contribution < 1.29 is 9.53 Å². The number of ether oxygens (including phenoxy) is 1. The third-order valence-electron chi connectivity index (χ3n) is 6.89. The highest BCUT2D eigenvalue weighted by Gasteiger charge is 2.32.